The fourth-order valence-electron chi connectivity index (χ4n) is 2.64. The zero-order chi connectivity index (χ0) is 16.8. The van der Waals surface area contributed by atoms with Gasteiger partial charge in [0.05, 0.1) is 6.26 Å². The number of rotatable bonds is 7. The molecule has 6 heteroatoms. The topological polar surface area (TPSA) is 71.8 Å². The fourth-order valence-corrected chi connectivity index (χ4v) is 2.64. The van der Waals surface area contributed by atoms with Crippen LogP contribution in [0.25, 0.3) is 0 Å². The lowest BCUT2D eigenvalue weighted by Crippen LogP contribution is -2.30. The summed E-state index contributed by atoms with van der Waals surface area (Å²) in [7, 11) is 0. The SMILES string of the molecule is O=C(COc1cccc(N2CCCC2=O)c1)NCCc1ccco1. The van der Waals surface area contributed by atoms with Crippen molar-refractivity contribution in [2.75, 3.05) is 24.6 Å². The second-order valence-corrected chi connectivity index (χ2v) is 5.61. The van der Waals surface area contributed by atoms with Crippen LogP contribution in [0.15, 0.2) is 47.1 Å². The highest BCUT2D eigenvalue weighted by Crippen LogP contribution is 2.25. The largest absolute Gasteiger partial charge is 0.484 e. The Labute approximate surface area is 140 Å². The van der Waals surface area contributed by atoms with Gasteiger partial charge in [-0.05, 0) is 30.7 Å². The Morgan fingerprint density at radius 2 is 2.21 bits per heavy atom. The van der Waals surface area contributed by atoms with Gasteiger partial charge in [-0.2, -0.15) is 0 Å². The maximum atomic E-state index is 11.8. The highest BCUT2D eigenvalue weighted by molar-refractivity contribution is 5.95. The number of hydrogen-bond acceptors (Lipinski definition) is 4. The van der Waals surface area contributed by atoms with E-state index in [9.17, 15) is 9.59 Å². The fraction of sp³-hybridized carbons (Fsp3) is 0.333. The summed E-state index contributed by atoms with van der Waals surface area (Å²) in [6, 6.07) is 11.0. The third-order valence-corrected chi connectivity index (χ3v) is 3.85. The van der Waals surface area contributed by atoms with E-state index < -0.39 is 0 Å². The molecule has 1 aromatic heterocycles. The number of nitrogens with one attached hydrogen (secondary N) is 1. The maximum absolute atomic E-state index is 11.8. The highest BCUT2D eigenvalue weighted by Gasteiger charge is 2.21. The zero-order valence-electron chi connectivity index (χ0n) is 13.4. The predicted octanol–water partition coefficient (Wildman–Crippen LogP) is 2.14. The van der Waals surface area contributed by atoms with Crippen molar-refractivity contribution in [2.45, 2.75) is 19.3 Å². The van der Waals surface area contributed by atoms with Crippen LogP contribution in [0.1, 0.15) is 18.6 Å². The number of amides is 2. The maximum Gasteiger partial charge on any atom is 0.257 e. The van der Waals surface area contributed by atoms with Gasteiger partial charge in [-0.1, -0.05) is 6.07 Å². The lowest BCUT2D eigenvalue weighted by molar-refractivity contribution is -0.123. The molecule has 1 aliphatic rings. The molecule has 0 bridgehead atoms. The Bertz CT molecular complexity index is 697. The van der Waals surface area contributed by atoms with Crippen molar-refractivity contribution in [3.8, 4) is 5.75 Å². The van der Waals surface area contributed by atoms with E-state index in [4.69, 9.17) is 9.15 Å². The molecule has 24 heavy (non-hydrogen) atoms. The molecule has 0 radical (unpaired) electrons. The molecule has 2 aromatic rings. The van der Waals surface area contributed by atoms with Crippen LogP contribution >= 0.6 is 0 Å². The molecular weight excluding hydrogens is 308 g/mol. The average Bonchev–Trinajstić information content (AvgIpc) is 3.25. The van der Waals surface area contributed by atoms with E-state index in [1.807, 2.05) is 24.3 Å². The molecule has 126 valence electrons. The molecule has 1 fully saturated rings. The molecule has 1 aromatic carbocycles. The molecule has 2 amide bonds. The van der Waals surface area contributed by atoms with Crippen LogP contribution < -0.4 is 15.0 Å². The number of benzene rings is 1. The van der Waals surface area contributed by atoms with Crippen molar-refractivity contribution in [2.24, 2.45) is 0 Å². The lowest BCUT2D eigenvalue weighted by Gasteiger charge is -2.16. The predicted molar refractivity (Wildman–Crippen MR) is 88.9 cm³/mol. The average molecular weight is 328 g/mol. The van der Waals surface area contributed by atoms with Crippen LogP contribution in [0, 0.1) is 0 Å². The number of anilines is 1. The Kier molecular flexibility index (Phi) is 5.15. The van der Waals surface area contributed by atoms with Crippen molar-refractivity contribution >= 4 is 17.5 Å². The minimum absolute atomic E-state index is 0.0600. The van der Waals surface area contributed by atoms with Gasteiger partial charge in [-0.15, -0.1) is 0 Å². The van der Waals surface area contributed by atoms with Crippen molar-refractivity contribution in [3.05, 3.63) is 48.4 Å². The first-order valence-electron chi connectivity index (χ1n) is 8.05. The Morgan fingerprint density at radius 1 is 1.29 bits per heavy atom. The van der Waals surface area contributed by atoms with E-state index in [2.05, 4.69) is 5.32 Å². The molecule has 1 saturated heterocycles. The van der Waals surface area contributed by atoms with Crippen LogP contribution in [0.4, 0.5) is 5.69 Å². The van der Waals surface area contributed by atoms with Crippen LogP contribution in [-0.2, 0) is 16.0 Å². The van der Waals surface area contributed by atoms with E-state index >= 15 is 0 Å². The van der Waals surface area contributed by atoms with E-state index in [1.165, 1.54) is 0 Å². The van der Waals surface area contributed by atoms with Crippen molar-refractivity contribution in [1.82, 2.24) is 5.32 Å². The zero-order valence-corrected chi connectivity index (χ0v) is 13.4. The molecular formula is C18H20N2O4. The number of carbonyl (C=O) groups excluding carboxylic acids is 2. The van der Waals surface area contributed by atoms with E-state index in [0.29, 0.717) is 25.1 Å². The van der Waals surface area contributed by atoms with Gasteiger partial charge in [0, 0.05) is 37.7 Å². The summed E-state index contributed by atoms with van der Waals surface area (Å²) in [6.07, 6.45) is 3.72. The number of hydrogen-bond donors (Lipinski definition) is 1. The number of carbonyl (C=O) groups is 2. The summed E-state index contributed by atoms with van der Waals surface area (Å²) in [5.41, 5.74) is 0.813. The molecule has 1 aliphatic heterocycles. The van der Waals surface area contributed by atoms with Crippen LogP contribution in [0.2, 0.25) is 0 Å². The van der Waals surface area contributed by atoms with Gasteiger partial charge in [0.15, 0.2) is 6.61 Å². The summed E-state index contributed by atoms with van der Waals surface area (Å²) in [6.45, 7) is 1.17. The second-order valence-electron chi connectivity index (χ2n) is 5.61. The van der Waals surface area contributed by atoms with Gasteiger partial charge in [-0.3, -0.25) is 9.59 Å². The van der Waals surface area contributed by atoms with E-state index in [-0.39, 0.29) is 18.4 Å². The standard InChI is InChI=1S/C18H20N2O4/c21-17(19-9-8-15-6-3-11-23-15)13-24-16-5-1-4-14(12-16)20-10-2-7-18(20)22/h1,3-6,11-12H,2,7-10,13H2,(H,19,21). The van der Waals surface area contributed by atoms with Gasteiger partial charge in [0.25, 0.3) is 5.91 Å². The first-order chi connectivity index (χ1) is 11.7. The second kappa shape index (κ2) is 7.68. The van der Waals surface area contributed by atoms with Gasteiger partial charge in [0.1, 0.15) is 11.5 Å². The molecule has 0 atom stereocenters. The minimum atomic E-state index is -0.191. The quantitative estimate of drug-likeness (QED) is 0.845. The number of nitrogens with zero attached hydrogens (tertiary/aromatic N) is 1. The number of ether oxygens (including phenoxy) is 1. The Morgan fingerprint density at radius 3 is 2.96 bits per heavy atom. The first-order valence-corrected chi connectivity index (χ1v) is 8.05. The van der Waals surface area contributed by atoms with Gasteiger partial charge in [0.2, 0.25) is 5.91 Å². The van der Waals surface area contributed by atoms with E-state index in [0.717, 1.165) is 24.4 Å². The summed E-state index contributed by atoms with van der Waals surface area (Å²) >= 11 is 0. The third-order valence-electron chi connectivity index (χ3n) is 3.85. The molecule has 6 nitrogen and oxygen atoms in total. The number of furan rings is 1. The Hall–Kier alpha value is -2.76. The van der Waals surface area contributed by atoms with Gasteiger partial charge in [-0.25, -0.2) is 0 Å². The highest BCUT2D eigenvalue weighted by atomic mass is 16.5. The third kappa shape index (κ3) is 4.16. The van der Waals surface area contributed by atoms with E-state index in [1.54, 1.807) is 23.3 Å². The summed E-state index contributed by atoms with van der Waals surface area (Å²) < 4.78 is 10.7. The van der Waals surface area contributed by atoms with Crippen molar-refractivity contribution < 1.29 is 18.7 Å². The van der Waals surface area contributed by atoms with Crippen molar-refractivity contribution in [3.63, 3.8) is 0 Å². The summed E-state index contributed by atoms with van der Waals surface area (Å²) in [5, 5.41) is 2.78. The van der Waals surface area contributed by atoms with Crippen LogP contribution in [0.3, 0.4) is 0 Å². The summed E-state index contributed by atoms with van der Waals surface area (Å²) in [5.74, 6) is 1.35. The normalized spacial score (nSPS) is 14.0. The summed E-state index contributed by atoms with van der Waals surface area (Å²) in [4.78, 5) is 25.3. The monoisotopic (exact) mass is 328 g/mol. The lowest BCUT2D eigenvalue weighted by atomic mass is 10.3. The molecule has 0 spiro atoms. The molecule has 0 unspecified atom stereocenters. The molecule has 1 N–H and O–H groups in total. The first kappa shape index (κ1) is 16.1. The Balaban J connectivity index is 1.45. The van der Waals surface area contributed by atoms with Crippen LogP contribution in [-0.4, -0.2) is 31.5 Å². The van der Waals surface area contributed by atoms with Crippen LogP contribution in [0.5, 0.6) is 5.75 Å². The molecule has 0 saturated carbocycles. The smallest absolute Gasteiger partial charge is 0.257 e. The van der Waals surface area contributed by atoms with Gasteiger partial charge < -0.3 is 19.4 Å². The molecule has 2 heterocycles. The minimum Gasteiger partial charge on any atom is -0.484 e. The molecule has 3 rings (SSSR count). The van der Waals surface area contributed by atoms with Gasteiger partial charge >= 0.3 is 0 Å². The van der Waals surface area contributed by atoms with Crippen molar-refractivity contribution in [1.29, 1.82) is 0 Å². The molecule has 0 aliphatic carbocycles.